The van der Waals surface area contributed by atoms with E-state index >= 15 is 0 Å². The van der Waals surface area contributed by atoms with E-state index in [1.54, 1.807) is 13.8 Å². The molecule has 0 bridgehead atoms. The zero-order valence-electron chi connectivity index (χ0n) is 37.0. The van der Waals surface area contributed by atoms with Crippen molar-refractivity contribution < 1.29 is 47.2 Å². The Morgan fingerprint density at radius 2 is 1.18 bits per heavy atom. The summed E-state index contributed by atoms with van der Waals surface area (Å²) in [6.45, 7) is 25.9. The topological polar surface area (TPSA) is 146 Å². The van der Waals surface area contributed by atoms with Gasteiger partial charge in [0.2, 0.25) is 0 Å². The zero-order valence-corrected chi connectivity index (χ0v) is 40.3. The van der Waals surface area contributed by atoms with Crippen LogP contribution >= 0.6 is 0 Å². The van der Waals surface area contributed by atoms with E-state index in [9.17, 15) is 42.5 Å². The minimum atomic E-state index is -3.28. The Morgan fingerprint density at radius 3 is 1.51 bits per heavy atom. The van der Waals surface area contributed by atoms with Crippen molar-refractivity contribution in [3.8, 4) is 0 Å². The SMILES string of the molecule is CC(C)C1CCCCC1S(=O)(=O)C(C)(C)C.CC(C)C1COC(C)(C)S1(=O)=O.CC(C)CS(=O)(=O)C(C)(C)CF.CC(C)CS(=O)(=O)C1(CF)CCCCC1. The van der Waals surface area contributed by atoms with E-state index in [1.165, 1.54) is 20.3 Å². The molecule has 2 saturated carbocycles. The first-order valence-electron chi connectivity index (χ1n) is 20.3. The molecule has 0 aromatic carbocycles. The quantitative estimate of drug-likeness (QED) is 0.198. The summed E-state index contributed by atoms with van der Waals surface area (Å²) in [4.78, 5) is -0.984. The largest absolute Gasteiger partial charge is 0.358 e. The van der Waals surface area contributed by atoms with E-state index in [2.05, 4.69) is 13.8 Å². The molecule has 3 unspecified atom stereocenters. The van der Waals surface area contributed by atoms with Crippen molar-refractivity contribution in [2.45, 2.75) is 191 Å². The second-order valence-electron chi connectivity index (χ2n) is 19.5. The third kappa shape index (κ3) is 14.7. The second kappa shape index (κ2) is 21.2. The monoisotopic (exact) mass is 870 g/mol. The van der Waals surface area contributed by atoms with Crippen molar-refractivity contribution in [3.63, 3.8) is 0 Å². The summed E-state index contributed by atoms with van der Waals surface area (Å²) in [6.07, 6.45) is 7.97. The van der Waals surface area contributed by atoms with Crippen molar-refractivity contribution in [2.24, 2.45) is 29.6 Å². The number of hydrogen-bond donors (Lipinski definition) is 0. The Balaban J connectivity index is 0.000000713. The lowest BCUT2D eigenvalue weighted by Gasteiger charge is -2.37. The lowest BCUT2D eigenvalue weighted by atomic mass is 9.81. The predicted molar refractivity (Wildman–Crippen MR) is 226 cm³/mol. The van der Waals surface area contributed by atoms with Crippen LogP contribution in [0.5, 0.6) is 0 Å². The van der Waals surface area contributed by atoms with E-state index in [0.29, 0.717) is 31.3 Å². The van der Waals surface area contributed by atoms with Gasteiger partial charge >= 0.3 is 0 Å². The van der Waals surface area contributed by atoms with Gasteiger partial charge in [0.05, 0.1) is 38.1 Å². The van der Waals surface area contributed by atoms with Gasteiger partial charge in [-0.3, -0.25) is 0 Å². The van der Waals surface area contributed by atoms with E-state index in [1.807, 2.05) is 62.3 Å². The van der Waals surface area contributed by atoms with Gasteiger partial charge in [-0.25, -0.2) is 42.5 Å². The average Bonchev–Trinajstić information content (AvgIpc) is 3.26. The van der Waals surface area contributed by atoms with Gasteiger partial charge in [0.1, 0.15) is 18.1 Å². The van der Waals surface area contributed by atoms with Gasteiger partial charge in [-0.2, -0.15) is 0 Å². The molecular formula is C40H80F2O9S4. The zero-order chi connectivity index (χ0) is 43.6. The minimum absolute atomic E-state index is 0.0563. The van der Waals surface area contributed by atoms with Crippen LogP contribution in [0, 0.1) is 29.6 Å². The van der Waals surface area contributed by atoms with Gasteiger partial charge in [0, 0.05) is 0 Å². The highest BCUT2D eigenvalue weighted by Crippen LogP contribution is 2.39. The maximum atomic E-state index is 13.1. The molecule has 332 valence electrons. The molecule has 0 spiro atoms. The van der Waals surface area contributed by atoms with E-state index in [-0.39, 0.29) is 39.8 Å². The second-order valence-corrected chi connectivity index (χ2v) is 30.2. The Hall–Kier alpha value is -0.380. The van der Waals surface area contributed by atoms with Crippen LogP contribution < -0.4 is 0 Å². The standard InChI is InChI=1S/C13H26O2S.C11H21FO2S.C8H17FO2S.C8H16O3S/c1-10(2)11-8-6-7-9-12(11)16(14,15)13(3,4)5;1-10(2)8-15(13,14)11(9-12)6-4-3-5-7-11;1-7(2)5-12(10,11)8(3,4)6-9;1-6(2)7-5-11-8(3,4)12(7,9)10/h10-12H,6-9H2,1-5H3;10H,3-9H2,1-2H3;7H,5-6H2,1-4H3;6-7H,5H2,1-4H3. The molecule has 3 atom stereocenters. The van der Waals surface area contributed by atoms with Crippen molar-refractivity contribution in [3.05, 3.63) is 0 Å². The normalized spacial score (nSPS) is 24.3. The molecule has 3 fully saturated rings. The van der Waals surface area contributed by atoms with Gasteiger partial charge in [-0.1, -0.05) is 87.5 Å². The van der Waals surface area contributed by atoms with Crippen LogP contribution in [-0.2, 0) is 44.1 Å². The molecule has 3 rings (SSSR count). The molecule has 0 aromatic rings. The molecule has 0 aromatic heterocycles. The predicted octanol–water partition coefficient (Wildman–Crippen LogP) is 9.14. The molecule has 9 nitrogen and oxygen atoms in total. The summed E-state index contributed by atoms with van der Waals surface area (Å²) in [5, 5.41) is -0.436. The fourth-order valence-corrected chi connectivity index (χ4v) is 15.2. The Morgan fingerprint density at radius 1 is 0.709 bits per heavy atom. The van der Waals surface area contributed by atoms with E-state index in [0.717, 1.165) is 38.5 Å². The van der Waals surface area contributed by atoms with Crippen molar-refractivity contribution in [1.29, 1.82) is 0 Å². The molecule has 1 aliphatic heterocycles. The van der Waals surface area contributed by atoms with Crippen molar-refractivity contribution >= 4 is 39.3 Å². The molecular weight excluding hydrogens is 791 g/mol. The fraction of sp³-hybridized carbons (Fsp3) is 1.00. The highest BCUT2D eigenvalue weighted by Gasteiger charge is 2.49. The number of alkyl halides is 2. The van der Waals surface area contributed by atoms with E-state index in [4.69, 9.17) is 4.74 Å². The molecule has 55 heavy (non-hydrogen) atoms. The summed E-state index contributed by atoms with van der Waals surface area (Å²) in [5.74, 6) is 1.29. The van der Waals surface area contributed by atoms with Crippen molar-refractivity contribution in [1.82, 2.24) is 0 Å². The summed E-state index contributed by atoms with van der Waals surface area (Å²) in [7, 11) is -12.6. The molecule has 0 N–H and O–H groups in total. The minimum Gasteiger partial charge on any atom is -0.358 e. The summed E-state index contributed by atoms with van der Waals surface area (Å²) >= 11 is 0. The summed E-state index contributed by atoms with van der Waals surface area (Å²) < 4.78 is 123. The van der Waals surface area contributed by atoms with Gasteiger partial charge in [0.15, 0.2) is 44.3 Å². The van der Waals surface area contributed by atoms with Crippen LogP contribution in [0.3, 0.4) is 0 Å². The van der Waals surface area contributed by atoms with Gasteiger partial charge in [0.25, 0.3) is 0 Å². The Kier molecular flexibility index (Phi) is 21.1. The van der Waals surface area contributed by atoms with Crippen LogP contribution in [0.15, 0.2) is 0 Å². The number of sulfone groups is 4. The van der Waals surface area contributed by atoms with Gasteiger partial charge in [-0.05, 0) is 104 Å². The van der Waals surface area contributed by atoms with Crippen LogP contribution in [0.1, 0.15) is 162 Å². The molecule has 2 aliphatic carbocycles. The van der Waals surface area contributed by atoms with Gasteiger partial charge < -0.3 is 4.74 Å². The maximum absolute atomic E-state index is 13.1. The Labute approximate surface area is 337 Å². The van der Waals surface area contributed by atoms with Crippen LogP contribution in [0.4, 0.5) is 8.78 Å². The third-order valence-corrected chi connectivity index (χ3v) is 23.1. The van der Waals surface area contributed by atoms with Crippen molar-refractivity contribution in [2.75, 3.05) is 31.5 Å². The molecule has 3 aliphatic rings. The third-order valence-electron chi connectivity index (χ3n) is 11.2. The Bertz CT molecular complexity index is 1580. The van der Waals surface area contributed by atoms with Crippen LogP contribution in [-0.4, -0.2) is 94.8 Å². The first kappa shape index (κ1) is 54.6. The lowest BCUT2D eigenvalue weighted by molar-refractivity contribution is 0.0665. The maximum Gasteiger partial charge on any atom is 0.184 e. The van der Waals surface area contributed by atoms with Gasteiger partial charge in [-0.15, -0.1) is 0 Å². The van der Waals surface area contributed by atoms with Crippen LogP contribution in [0.25, 0.3) is 0 Å². The molecule has 0 radical (unpaired) electrons. The van der Waals surface area contributed by atoms with Crippen LogP contribution in [0.2, 0.25) is 0 Å². The first-order chi connectivity index (χ1) is 24.6. The fourth-order valence-electron chi connectivity index (χ4n) is 7.18. The van der Waals surface area contributed by atoms with E-state index < -0.39 is 71.9 Å². The summed E-state index contributed by atoms with van der Waals surface area (Å²) in [6, 6.07) is 0. The number of hydrogen-bond acceptors (Lipinski definition) is 9. The molecule has 0 amide bonds. The highest BCUT2D eigenvalue weighted by atomic mass is 32.2. The highest BCUT2D eigenvalue weighted by molar-refractivity contribution is 7.94. The summed E-state index contributed by atoms with van der Waals surface area (Å²) in [5.41, 5.74) is 0. The lowest BCUT2D eigenvalue weighted by Crippen LogP contribution is -2.45. The average molecular weight is 871 g/mol. The molecule has 15 heteroatoms. The molecule has 1 saturated heterocycles. The first-order valence-corrected chi connectivity index (χ1v) is 26.7. The molecule has 1 heterocycles. The number of halogens is 2. The smallest absolute Gasteiger partial charge is 0.184 e. The number of ether oxygens (including phenoxy) is 1. The number of rotatable bonds is 11.